The number of fused-ring (bicyclic) bond motifs is 1. The summed E-state index contributed by atoms with van der Waals surface area (Å²) in [6, 6.07) is 10.3. The summed E-state index contributed by atoms with van der Waals surface area (Å²) in [4.78, 5) is 17.6. The van der Waals surface area contributed by atoms with Gasteiger partial charge in [-0.2, -0.15) is 4.52 Å². The first kappa shape index (κ1) is 16.9. The Hall–Kier alpha value is -2.58. The van der Waals surface area contributed by atoms with E-state index in [0.29, 0.717) is 15.8 Å². The van der Waals surface area contributed by atoms with E-state index >= 15 is 0 Å². The summed E-state index contributed by atoms with van der Waals surface area (Å²) in [7, 11) is 0. The largest absolute Gasteiger partial charge is 0.334 e. The minimum atomic E-state index is -0.0145. The highest BCUT2D eigenvalue weighted by Gasteiger charge is 2.25. The van der Waals surface area contributed by atoms with Crippen LogP contribution >= 0.6 is 11.3 Å². The molecule has 0 bridgehead atoms. The molecule has 1 aliphatic heterocycles. The van der Waals surface area contributed by atoms with Gasteiger partial charge in [0.15, 0.2) is 5.82 Å². The van der Waals surface area contributed by atoms with Crippen LogP contribution in [0.4, 0.5) is 0 Å². The van der Waals surface area contributed by atoms with Crippen molar-refractivity contribution < 1.29 is 4.79 Å². The van der Waals surface area contributed by atoms with Gasteiger partial charge in [0.2, 0.25) is 9.97 Å². The third kappa shape index (κ3) is 3.51. The van der Waals surface area contributed by atoms with Crippen molar-refractivity contribution in [2.75, 3.05) is 32.7 Å². The highest BCUT2D eigenvalue weighted by atomic mass is 32.1. The zero-order chi connectivity index (χ0) is 17.9. The van der Waals surface area contributed by atoms with Crippen LogP contribution in [-0.4, -0.2) is 68.2 Å². The Morgan fingerprint density at radius 3 is 2.65 bits per heavy atom. The van der Waals surface area contributed by atoms with E-state index in [1.807, 2.05) is 30.0 Å². The normalized spacial score (nSPS) is 16.0. The number of nitrogens with zero attached hydrogens (tertiary/aromatic N) is 6. The Morgan fingerprint density at radius 1 is 1.15 bits per heavy atom. The highest BCUT2D eigenvalue weighted by molar-refractivity contribution is 7.18. The molecule has 1 fully saturated rings. The fourth-order valence-corrected chi connectivity index (χ4v) is 3.82. The number of hydrogen-bond donors (Lipinski definition) is 0. The fraction of sp³-hybridized carbons (Fsp3) is 0.333. The summed E-state index contributed by atoms with van der Waals surface area (Å²) in [6.07, 6.45) is 4.32. The number of carbonyl (C=O) groups excluding carboxylic acids is 1. The van der Waals surface area contributed by atoms with Gasteiger partial charge in [0.25, 0.3) is 5.91 Å². The van der Waals surface area contributed by atoms with Gasteiger partial charge in [-0.15, -0.1) is 15.3 Å². The molecule has 7 nitrogen and oxygen atoms in total. The van der Waals surface area contributed by atoms with Crippen molar-refractivity contribution in [1.29, 1.82) is 0 Å². The SMILES string of the molecule is Cc1nnc2sc(C(=O)N3CCN(C/C=C/c4ccccc4)CC3)nn12. The van der Waals surface area contributed by atoms with Crippen LogP contribution in [0.25, 0.3) is 11.0 Å². The Morgan fingerprint density at radius 2 is 1.92 bits per heavy atom. The first-order chi connectivity index (χ1) is 12.7. The molecule has 1 amide bonds. The van der Waals surface area contributed by atoms with E-state index in [9.17, 15) is 4.79 Å². The monoisotopic (exact) mass is 368 g/mol. The molecule has 0 saturated carbocycles. The first-order valence-corrected chi connectivity index (χ1v) is 9.44. The second kappa shape index (κ2) is 7.35. The van der Waals surface area contributed by atoms with Crippen molar-refractivity contribution in [2.45, 2.75) is 6.92 Å². The van der Waals surface area contributed by atoms with Gasteiger partial charge in [-0.25, -0.2) is 0 Å². The number of rotatable bonds is 4. The third-order valence-corrected chi connectivity index (χ3v) is 5.35. The van der Waals surface area contributed by atoms with E-state index in [4.69, 9.17) is 0 Å². The van der Waals surface area contributed by atoms with E-state index in [1.165, 1.54) is 16.9 Å². The highest BCUT2D eigenvalue weighted by Crippen LogP contribution is 2.16. The number of piperazine rings is 1. The lowest BCUT2D eigenvalue weighted by Gasteiger charge is -2.33. The van der Waals surface area contributed by atoms with Gasteiger partial charge in [-0.1, -0.05) is 53.8 Å². The third-order valence-electron chi connectivity index (χ3n) is 4.46. The number of aromatic nitrogens is 4. The van der Waals surface area contributed by atoms with Crippen molar-refractivity contribution in [3.8, 4) is 0 Å². The number of benzene rings is 1. The topological polar surface area (TPSA) is 66.6 Å². The lowest BCUT2D eigenvalue weighted by molar-refractivity contribution is 0.0648. The molecule has 3 aromatic rings. The van der Waals surface area contributed by atoms with Crippen molar-refractivity contribution in [2.24, 2.45) is 0 Å². The zero-order valence-electron chi connectivity index (χ0n) is 14.6. The van der Waals surface area contributed by atoms with E-state index in [-0.39, 0.29) is 5.91 Å². The quantitative estimate of drug-likeness (QED) is 0.704. The summed E-state index contributed by atoms with van der Waals surface area (Å²) < 4.78 is 1.63. The molecule has 1 aliphatic rings. The smallest absolute Gasteiger partial charge is 0.284 e. The summed E-state index contributed by atoms with van der Waals surface area (Å²) >= 11 is 1.29. The maximum absolute atomic E-state index is 12.7. The number of amides is 1. The minimum Gasteiger partial charge on any atom is -0.334 e. The first-order valence-electron chi connectivity index (χ1n) is 8.63. The molecule has 0 atom stereocenters. The maximum atomic E-state index is 12.7. The summed E-state index contributed by atoms with van der Waals surface area (Å²) in [5.41, 5.74) is 1.21. The van der Waals surface area contributed by atoms with E-state index in [1.54, 1.807) is 4.52 Å². The molecule has 0 radical (unpaired) electrons. The van der Waals surface area contributed by atoms with Gasteiger partial charge in [0.1, 0.15) is 0 Å². The average Bonchev–Trinajstić information content (AvgIpc) is 3.25. The zero-order valence-corrected chi connectivity index (χ0v) is 15.4. The molecule has 134 valence electrons. The van der Waals surface area contributed by atoms with Gasteiger partial charge >= 0.3 is 0 Å². The van der Waals surface area contributed by atoms with Crippen LogP contribution in [0, 0.1) is 6.92 Å². The van der Waals surface area contributed by atoms with Crippen molar-refractivity contribution in [3.63, 3.8) is 0 Å². The standard InChI is InChI=1S/C18H20N6OS/c1-14-19-20-18-24(14)21-16(26-18)17(25)23-12-10-22(11-13-23)9-5-8-15-6-3-2-4-7-15/h2-8H,9-13H2,1H3/b8-5+. The molecule has 2 aromatic heterocycles. The molecule has 4 rings (SSSR count). The van der Waals surface area contributed by atoms with Crippen LogP contribution in [-0.2, 0) is 0 Å². The maximum Gasteiger partial charge on any atom is 0.284 e. The van der Waals surface area contributed by atoms with Crippen LogP contribution in [0.2, 0.25) is 0 Å². The summed E-state index contributed by atoms with van der Waals surface area (Å²) in [6.45, 7) is 5.90. The van der Waals surface area contributed by atoms with Gasteiger partial charge in [-0.05, 0) is 12.5 Å². The summed E-state index contributed by atoms with van der Waals surface area (Å²) in [5, 5.41) is 12.8. The Kier molecular flexibility index (Phi) is 4.77. The van der Waals surface area contributed by atoms with Crippen molar-refractivity contribution in [1.82, 2.24) is 29.6 Å². The number of hydrogen-bond acceptors (Lipinski definition) is 6. The van der Waals surface area contributed by atoms with E-state index in [0.717, 1.165) is 32.7 Å². The van der Waals surface area contributed by atoms with Crippen LogP contribution in [0.5, 0.6) is 0 Å². The molecule has 3 heterocycles. The molecular weight excluding hydrogens is 348 g/mol. The molecule has 26 heavy (non-hydrogen) atoms. The number of carbonyl (C=O) groups is 1. The van der Waals surface area contributed by atoms with E-state index in [2.05, 4.69) is 44.5 Å². The minimum absolute atomic E-state index is 0.0145. The Balaban J connectivity index is 1.31. The number of aryl methyl sites for hydroxylation is 1. The molecule has 0 spiro atoms. The lowest BCUT2D eigenvalue weighted by Crippen LogP contribution is -2.48. The molecule has 1 aromatic carbocycles. The van der Waals surface area contributed by atoms with Gasteiger partial charge in [-0.3, -0.25) is 9.69 Å². The molecule has 0 unspecified atom stereocenters. The van der Waals surface area contributed by atoms with Crippen LogP contribution in [0.15, 0.2) is 36.4 Å². The average molecular weight is 368 g/mol. The molecule has 8 heteroatoms. The van der Waals surface area contributed by atoms with Gasteiger partial charge in [0, 0.05) is 32.7 Å². The lowest BCUT2D eigenvalue weighted by atomic mass is 10.2. The van der Waals surface area contributed by atoms with Crippen molar-refractivity contribution in [3.05, 3.63) is 52.8 Å². The fourth-order valence-electron chi connectivity index (χ4n) is 2.97. The predicted molar refractivity (Wildman–Crippen MR) is 101 cm³/mol. The second-order valence-electron chi connectivity index (χ2n) is 6.25. The molecular formula is C18H20N6OS. The van der Waals surface area contributed by atoms with Gasteiger partial charge < -0.3 is 4.90 Å². The Bertz CT molecular complexity index is 924. The second-order valence-corrected chi connectivity index (χ2v) is 7.21. The predicted octanol–water partition coefficient (Wildman–Crippen LogP) is 1.97. The molecule has 1 saturated heterocycles. The van der Waals surface area contributed by atoms with E-state index < -0.39 is 0 Å². The van der Waals surface area contributed by atoms with Gasteiger partial charge in [0.05, 0.1) is 0 Å². The van der Waals surface area contributed by atoms with Crippen LogP contribution < -0.4 is 0 Å². The van der Waals surface area contributed by atoms with Crippen LogP contribution in [0.1, 0.15) is 21.2 Å². The molecule has 0 aliphatic carbocycles. The Labute approximate surface area is 155 Å². The van der Waals surface area contributed by atoms with Crippen molar-refractivity contribution >= 4 is 28.3 Å². The summed E-state index contributed by atoms with van der Waals surface area (Å²) in [5.74, 6) is 0.685. The van der Waals surface area contributed by atoms with Crippen LogP contribution in [0.3, 0.4) is 0 Å². The molecule has 0 N–H and O–H groups in total.